The van der Waals surface area contributed by atoms with E-state index in [1.165, 1.54) is 12.5 Å². The van der Waals surface area contributed by atoms with E-state index in [0.29, 0.717) is 5.75 Å². The maximum atomic E-state index is 11.3. The molecule has 1 aliphatic carbocycles. The summed E-state index contributed by atoms with van der Waals surface area (Å²) < 4.78 is 5.79. The van der Waals surface area contributed by atoms with E-state index in [1.54, 1.807) is 18.5 Å². The molecule has 0 unspecified atom stereocenters. The fraction of sp³-hybridized carbons (Fsp3) is 0.333. The average Bonchev–Trinajstić information content (AvgIpc) is 2.23. The van der Waals surface area contributed by atoms with Gasteiger partial charge >= 0.3 is 0 Å². The molecule has 1 saturated carbocycles. The second-order valence-corrected chi connectivity index (χ2v) is 4.10. The van der Waals surface area contributed by atoms with Gasteiger partial charge in [-0.15, -0.1) is 0 Å². The number of pyridine rings is 2. The Morgan fingerprint density at radius 3 is 2.94 bits per heavy atom. The zero-order chi connectivity index (χ0) is 11.0. The highest BCUT2D eigenvalue weighted by Gasteiger charge is 2.20. The number of ether oxygens (including phenoxy) is 1. The van der Waals surface area contributed by atoms with E-state index >= 15 is 0 Å². The first kappa shape index (κ1) is 9.39. The molecule has 3 rings (SSSR count). The van der Waals surface area contributed by atoms with Crippen molar-refractivity contribution in [1.82, 2.24) is 9.97 Å². The van der Waals surface area contributed by atoms with Gasteiger partial charge in [0.25, 0.3) is 0 Å². The van der Waals surface area contributed by atoms with E-state index in [4.69, 9.17) is 4.74 Å². The molecule has 1 fully saturated rings. The number of nitrogens with one attached hydrogen (secondary N) is 1. The molecule has 82 valence electrons. The highest BCUT2D eigenvalue weighted by atomic mass is 16.5. The first-order valence-electron chi connectivity index (χ1n) is 5.46. The molecule has 2 heterocycles. The first-order valence-corrected chi connectivity index (χ1v) is 5.46. The van der Waals surface area contributed by atoms with Crippen LogP contribution in [0.25, 0.3) is 10.9 Å². The molecule has 0 bridgehead atoms. The highest BCUT2D eigenvalue weighted by molar-refractivity contribution is 5.82. The predicted molar refractivity (Wildman–Crippen MR) is 60.6 cm³/mol. The Kier molecular flexibility index (Phi) is 2.13. The largest absolute Gasteiger partial charge is 0.487 e. The van der Waals surface area contributed by atoms with E-state index < -0.39 is 0 Å². The Hall–Kier alpha value is -1.84. The third-order valence-corrected chi connectivity index (χ3v) is 2.95. The van der Waals surface area contributed by atoms with Crippen molar-refractivity contribution in [3.05, 3.63) is 34.9 Å². The lowest BCUT2D eigenvalue weighted by atomic mass is 9.96. The smallest absolute Gasteiger partial charge is 0.248 e. The Balaban J connectivity index is 2.07. The predicted octanol–water partition coefficient (Wildman–Crippen LogP) is 1.85. The van der Waals surface area contributed by atoms with Crippen molar-refractivity contribution in [2.45, 2.75) is 25.4 Å². The van der Waals surface area contributed by atoms with Crippen LogP contribution in [0.15, 0.2) is 29.3 Å². The Morgan fingerprint density at radius 2 is 2.19 bits per heavy atom. The second-order valence-electron chi connectivity index (χ2n) is 4.10. The lowest BCUT2D eigenvalue weighted by Crippen LogP contribution is -2.24. The Morgan fingerprint density at radius 1 is 1.31 bits per heavy atom. The van der Waals surface area contributed by atoms with Crippen LogP contribution in [0.3, 0.4) is 0 Å². The first-order chi connectivity index (χ1) is 7.83. The lowest BCUT2D eigenvalue weighted by Gasteiger charge is -2.26. The maximum absolute atomic E-state index is 11.3. The monoisotopic (exact) mass is 216 g/mol. The molecule has 1 aliphatic rings. The molecule has 0 radical (unpaired) electrons. The number of hydrogen-bond donors (Lipinski definition) is 1. The highest BCUT2D eigenvalue weighted by Crippen LogP contribution is 2.28. The molecule has 0 aromatic carbocycles. The van der Waals surface area contributed by atoms with Gasteiger partial charge in [-0.1, -0.05) is 0 Å². The van der Waals surface area contributed by atoms with Gasteiger partial charge in [0.15, 0.2) is 5.75 Å². The fourth-order valence-corrected chi connectivity index (χ4v) is 1.80. The van der Waals surface area contributed by atoms with Gasteiger partial charge in [-0.05, 0) is 25.3 Å². The summed E-state index contributed by atoms with van der Waals surface area (Å²) in [6, 6.07) is 3.26. The van der Waals surface area contributed by atoms with Crippen LogP contribution in [0, 0.1) is 0 Å². The van der Waals surface area contributed by atoms with Crippen molar-refractivity contribution in [3.63, 3.8) is 0 Å². The standard InChI is InChI=1S/C12H12N2O2/c15-11-5-4-8-6-13-7-10(12(8)14-11)16-9-2-1-3-9/h4-7,9H,1-3H2,(H,14,15). The van der Waals surface area contributed by atoms with Crippen molar-refractivity contribution in [2.75, 3.05) is 0 Å². The maximum Gasteiger partial charge on any atom is 0.248 e. The summed E-state index contributed by atoms with van der Waals surface area (Å²) in [6.45, 7) is 0. The number of nitrogens with zero attached hydrogens (tertiary/aromatic N) is 1. The van der Waals surface area contributed by atoms with Gasteiger partial charge in [-0.25, -0.2) is 0 Å². The molecule has 0 spiro atoms. The number of hydrogen-bond acceptors (Lipinski definition) is 3. The number of aromatic nitrogens is 2. The quantitative estimate of drug-likeness (QED) is 0.833. The van der Waals surface area contributed by atoms with Crippen LogP contribution in [0.2, 0.25) is 0 Å². The summed E-state index contributed by atoms with van der Waals surface area (Å²) in [5.74, 6) is 0.680. The zero-order valence-corrected chi connectivity index (χ0v) is 8.77. The Labute approximate surface area is 92.3 Å². The molecule has 2 aromatic rings. The van der Waals surface area contributed by atoms with E-state index in [0.717, 1.165) is 23.7 Å². The molecule has 1 N–H and O–H groups in total. The van der Waals surface area contributed by atoms with Crippen LogP contribution in [-0.2, 0) is 0 Å². The van der Waals surface area contributed by atoms with Crippen molar-refractivity contribution < 1.29 is 4.74 Å². The van der Waals surface area contributed by atoms with E-state index in [2.05, 4.69) is 9.97 Å². The van der Waals surface area contributed by atoms with Gasteiger partial charge in [0, 0.05) is 17.6 Å². The van der Waals surface area contributed by atoms with Gasteiger partial charge in [0.1, 0.15) is 0 Å². The molecule has 4 heteroatoms. The van der Waals surface area contributed by atoms with Gasteiger partial charge in [0.05, 0.1) is 17.8 Å². The van der Waals surface area contributed by atoms with Gasteiger partial charge in [-0.3, -0.25) is 9.78 Å². The van der Waals surface area contributed by atoms with Crippen LogP contribution >= 0.6 is 0 Å². The van der Waals surface area contributed by atoms with Crippen molar-refractivity contribution >= 4 is 10.9 Å². The normalized spacial score (nSPS) is 16.0. The van der Waals surface area contributed by atoms with Gasteiger partial charge < -0.3 is 9.72 Å². The van der Waals surface area contributed by atoms with E-state index in [-0.39, 0.29) is 11.7 Å². The zero-order valence-electron chi connectivity index (χ0n) is 8.77. The third-order valence-electron chi connectivity index (χ3n) is 2.95. The SMILES string of the molecule is O=c1ccc2cncc(OC3CCC3)c2[nH]1. The van der Waals surface area contributed by atoms with Crippen LogP contribution in [0.1, 0.15) is 19.3 Å². The molecule has 2 aromatic heterocycles. The van der Waals surface area contributed by atoms with Crippen LogP contribution in [0.4, 0.5) is 0 Å². The van der Waals surface area contributed by atoms with Crippen LogP contribution < -0.4 is 10.3 Å². The van der Waals surface area contributed by atoms with E-state index in [9.17, 15) is 4.79 Å². The molecular weight excluding hydrogens is 204 g/mol. The summed E-state index contributed by atoms with van der Waals surface area (Å²) in [7, 11) is 0. The van der Waals surface area contributed by atoms with Crippen molar-refractivity contribution in [3.8, 4) is 5.75 Å². The summed E-state index contributed by atoms with van der Waals surface area (Å²) in [5, 5.41) is 0.899. The molecule has 16 heavy (non-hydrogen) atoms. The van der Waals surface area contributed by atoms with Crippen LogP contribution in [0.5, 0.6) is 5.75 Å². The number of fused-ring (bicyclic) bond motifs is 1. The van der Waals surface area contributed by atoms with Crippen molar-refractivity contribution in [1.29, 1.82) is 0 Å². The van der Waals surface area contributed by atoms with Gasteiger partial charge in [-0.2, -0.15) is 0 Å². The van der Waals surface area contributed by atoms with Gasteiger partial charge in [0.2, 0.25) is 5.56 Å². The third kappa shape index (κ3) is 1.56. The summed E-state index contributed by atoms with van der Waals surface area (Å²) in [5.41, 5.74) is 0.631. The molecule has 0 amide bonds. The second kappa shape index (κ2) is 3.63. The fourth-order valence-electron chi connectivity index (χ4n) is 1.80. The lowest BCUT2D eigenvalue weighted by molar-refractivity contribution is 0.121. The van der Waals surface area contributed by atoms with Crippen molar-refractivity contribution in [2.24, 2.45) is 0 Å². The Bertz CT molecular complexity index is 572. The van der Waals surface area contributed by atoms with Crippen LogP contribution in [-0.4, -0.2) is 16.1 Å². The van der Waals surface area contributed by atoms with E-state index in [1.807, 2.05) is 0 Å². The summed E-state index contributed by atoms with van der Waals surface area (Å²) in [4.78, 5) is 18.2. The minimum absolute atomic E-state index is 0.114. The molecule has 4 nitrogen and oxygen atoms in total. The average molecular weight is 216 g/mol. The summed E-state index contributed by atoms with van der Waals surface area (Å²) >= 11 is 0. The number of H-pyrrole nitrogens is 1. The molecule has 0 aliphatic heterocycles. The molecule has 0 atom stereocenters. The summed E-state index contributed by atoms with van der Waals surface area (Å²) in [6.07, 6.45) is 7.08. The number of rotatable bonds is 2. The molecular formula is C12H12N2O2. The molecule has 0 saturated heterocycles. The minimum atomic E-state index is -0.114. The minimum Gasteiger partial charge on any atom is -0.487 e. The topological polar surface area (TPSA) is 55.0 Å². The number of aromatic amines is 1.